The van der Waals surface area contributed by atoms with Gasteiger partial charge in [0.05, 0.1) is 5.52 Å². The highest BCUT2D eigenvalue weighted by molar-refractivity contribution is 6.09. The molecule has 1 atom stereocenters. The monoisotopic (exact) mass is 494 g/mol. The summed E-state index contributed by atoms with van der Waals surface area (Å²) in [5.74, 6) is 0.679. The van der Waals surface area contributed by atoms with Crippen molar-refractivity contribution in [1.29, 1.82) is 0 Å². The van der Waals surface area contributed by atoms with Crippen LogP contribution in [0.4, 0.5) is 0 Å². The third-order valence-corrected chi connectivity index (χ3v) is 7.17. The van der Waals surface area contributed by atoms with Crippen LogP contribution in [-0.4, -0.2) is 52.7 Å². The van der Waals surface area contributed by atoms with Crippen LogP contribution in [0.2, 0.25) is 0 Å². The van der Waals surface area contributed by atoms with Crippen LogP contribution in [0.15, 0.2) is 78.9 Å². The van der Waals surface area contributed by atoms with Gasteiger partial charge in [0.15, 0.2) is 5.78 Å². The third-order valence-electron chi connectivity index (χ3n) is 7.17. The van der Waals surface area contributed by atoms with Gasteiger partial charge in [-0.1, -0.05) is 54.1 Å². The summed E-state index contributed by atoms with van der Waals surface area (Å²) in [5.41, 5.74) is 7.44. The van der Waals surface area contributed by atoms with E-state index >= 15 is 0 Å². The molecule has 0 spiro atoms. The number of carbonyl (C=O) groups is 1. The highest BCUT2D eigenvalue weighted by Crippen LogP contribution is 2.32. The molecule has 5 rings (SSSR count). The molecule has 0 amide bonds. The standard InChI is InChI=1S/C32H34N2O3/c1-22-9-11-27(12-10-22)34-23(2)32(24(3)35)30-19-29(13-14-31(30)34)37-21-28(36)20-33-17-15-26(16-18-33)25-7-5-4-6-8-25/h4-15,19,28,36H,16-18,20-21H2,1-3H3/t28-/m0/s1. The number of benzene rings is 3. The van der Waals surface area contributed by atoms with Crippen molar-refractivity contribution in [3.05, 3.63) is 101 Å². The summed E-state index contributed by atoms with van der Waals surface area (Å²) < 4.78 is 8.12. The molecular weight excluding hydrogens is 460 g/mol. The van der Waals surface area contributed by atoms with Gasteiger partial charge in [0.1, 0.15) is 18.5 Å². The molecule has 3 aromatic carbocycles. The fourth-order valence-electron chi connectivity index (χ4n) is 5.29. The number of aliphatic hydroxyl groups excluding tert-OH is 1. The van der Waals surface area contributed by atoms with Gasteiger partial charge in [0.25, 0.3) is 0 Å². The van der Waals surface area contributed by atoms with E-state index in [0.29, 0.717) is 17.9 Å². The zero-order chi connectivity index (χ0) is 25.9. The fourth-order valence-corrected chi connectivity index (χ4v) is 5.29. The minimum atomic E-state index is -0.603. The van der Waals surface area contributed by atoms with Gasteiger partial charge in [0, 0.05) is 42.0 Å². The van der Waals surface area contributed by atoms with Crippen LogP contribution < -0.4 is 4.74 Å². The number of β-amino-alcohol motifs (C(OH)–C–C–N with tert-alkyl or cyclic N) is 1. The Labute approximate surface area is 218 Å². The Bertz CT molecular complexity index is 1430. The average Bonchev–Trinajstić information content (AvgIpc) is 3.20. The largest absolute Gasteiger partial charge is 0.491 e. The number of aliphatic hydroxyl groups is 1. The van der Waals surface area contributed by atoms with Crippen LogP contribution in [-0.2, 0) is 0 Å². The van der Waals surface area contributed by atoms with E-state index in [1.807, 2.05) is 31.2 Å². The van der Waals surface area contributed by atoms with Gasteiger partial charge in [-0.15, -0.1) is 0 Å². The summed E-state index contributed by atoms with van der Waals surface area (Å²) in [4.78, 5) is 14.8. The molecular formula is C32H34N2O3. The molecule has 4 aromatic rings. The Morgan fingerprint density at radius 3 is 2.46 bits per heavy atom. The van der Waals surface area contributed by atoms with Gasteiger partial charge in [0.2, 0.25) is 0 Å². The Morgan fingerprint density at radius 2 is 1.78 bits per heavy atom. The molecule has 1 aliphatic rings. The highest BCUT2D eigenvalue weighted by atomic mass is 16.5. The van der Waals surface area contributed by atoms with E-state index in [1.165, 1.54) is 16.7 Å². The predicted octanol–water partition coefficient (Wildman–Crippen LogP) is 5.98. The van der Waals surface area contributed by atoms with Crippen LogP contribution in [0.5, 0.6) is 5.75 Å². The number of aromatic nitrogens is 1. The zero-order valence-electron chi connectivity index (χ0n) is 21.8. The smallest absolute Gasteiger partial charge is 0.162 e. The minimum absolute atomic E-state index is 0.0265. The predicted molar refractivity (Wildman–Crippen MR) is 150 cm³/mol. The normalized spacial score (nSPS) is 15.0. The van der Waals surface area contributed by atoms with Crippen LogP contribution in [0.3, 0.4) is 0 Å². The van der Waals surface area contributed by atoms with E-state index in [1.54, 1.807) is 6.92 Å². The van der Waals surface area contributed by atoms with Gasteiger partial charge >= 0.3 is 0 Å². The average molecular weight is 495 g/mol. The van der Waals surface area contributed by atoms with Gasteiger partial charge in [-0.25, -0.2) is 0 Å². The number of ether oxygens (including phenoxy) is 1. The van der Waals surface area contributed by atoms with Crippen LogP contribution in [0.25, 0.3) is 22.2 Å². The molecule has 0 bridgehead atoms. The van der Waals surface area contributed by atoms with Crippen LogP contribution in [0.1, 0.15) is 40.5 Å². The molecule has 0 radical (unpaired) electrons. The molecule has 190 valence electrons. The number of rotatable bonds is 8. The number of Topliss-reactive ketones (excluding diaryl/α,β-unsaturated/α-hetero) is 1. The Morgan fingerprint density at radius 1 is 1.03 bits per heavy atom. The summed E-state index contributed by atoms with van der Waals surface area (Å²) in [6.07, 6.45) is 2.62. The summed E-state index contributed by atoms with van der Waals surface area (Å²) in [6.45, 7) is 8.14. The lowest BCUT2D eigenvalue weighted by atomic mass is 9.99. The summed E-state index contributed by atoms with van der Waals surface area (Å²) >= 11 is 0. The molecule has 0 unspecified atom stereocenters. The molecule has 5 nitrogen and oxygen atoms in total. The van der Waals surface area contributed by atoms with E-state index < -0.39 is 6.10 Å². The topological polar surface area (TPSA) is 54.7 Å². The van der Waals surface area contributed by atoms with Crippen molar-refractivity contribution >= 4 is 22.3 Å². The van der Waals surface area contributed by atoms with Gasteiger partial charge in [-0.2, -0.15) is 0 Å². The second kappa shape index (κ2) is 10.8. The fraction of sp³-hybridized carbons (Fsp3) is 0.281. The van der Waals surface area contributed by atoms with Crippen molar-refractivity contribution in [3.63, 3.8) is 0 Å². The van der Waals surface area contributed by atoms with E-state index in [-0.39, 0.29) is 12.4 Å². The zero-order valence-corrected chi connectivity index (χ0v) is 21.8. The lowest BCUT2D eigenvalue weighted by molar-refractivity contribution is 0.0717. The third kappa shape index (κ3) is 5.38. The number of hydrogen-bond donors (Lipinski definition) is 1. The molecule has 37 heavy (non-hydrogen) atoms. The maximum atomic E-state index is 12.6. The number of fused-ring (bicyclic) bond motifs is 1. The first-order valence-electron chi connectivity index (χ1n) is 12.9. The molecule has 0 aliphatic carbocycles. The first-order chi connectivity index (χ1) is 17.9. The molecule has 1 N–H and O–H groups in total. The second-order valence-corrected chi connectivity index (χ2v) is 9.94. The van der Waals surface area contributed by atoms with E-state index in [4.69, 9.17) is 4.74 Å². The molecule has 0 saturated carbocycles. The van der Waals surface area contributed by atoms with Crippen molar-refractivity contribution in [2.75, 3.05) is 26.2 Å². The van der Waals surface area contributed by atoms with Crippen LogP contribution in [0, 0.1) is 13.8 Å². The first-order valence-corrected chi connectivity index (χ1v) is 12.9. The minimum Gasteiger partial charge on any atom is -0.491 e. The van der Waals surface area contributed by atoms with E-state index in [9.17, 15) is 9.90 Å². The summed E-state index contributed by atoms with van der Waals surface area (Å²) in [7, 11) is 0. The SMILES string of the molecule is CC(=O)c1c(C)n(-c2ccc(C)cc2)c2ccc(OC[C@@H](O)CN3CC=C(c4ccccc4)CC3)cc12. The summed E-state index contributed by atoms with van der Waals surface area (Å²) in [5, 5.41) is 11.5. The molecule has 0 fully saturated rings. The van der Waals surface area contributed by atoms with Crippen molar-refractivity contribution in [1.82, 2.24) is 9.47 Å². The number of nitrogens with zero attached hydrogens (tertiary/aromatic N) is 2. The van der Waals surface area contributed by atoms with Crippen molar-refractivity contribution in [2.45, 2.75) is 33.3 Å². The highest BCUT2D eigenvalue weighted by Gasteiger charge is 2.20. The molecule has 2 heterocycles. The Hall–Kier alpha value is -3.67. The quantitative estimate of drug-likeness (QED) is 0.306. The molecule has 5 heteroatoms. The molecule has 1 aliphatic heterocycles. The lowest BCUT2D eigenvalue weighted by Crippen LogP contribution is -2.38. The maximum Gasteiger partial charge on any atom is 0.162 e. The number of ketones is 1. The van der Waals surface area contributed by atoms with E-state index in [0.717, 1.165) is 41.8 Å². The molecule has 0 saturated heterocycles. The van der Waals surface area contributed by atoms with E-state index in [2.05, 4.69) is 71.0 Å². The van der Waals surface area contributed by atoms with Crippen molar-refractivity contribution in [3.8, 4) is 11.4 Å². The van der Waals surface area contributed by atoms with Crippen molar-refractivity contribution in [2.24, 2.45) is 0 Å². The number of aryl methyl sites for hydroxylation is 1. The van der Waals surface area contributed by atoms with Crippen LogP contribution >= 0.6 is 0 Å². The Kier molecular flexibility index (Phi) is 7.26. The second-order valence-electron chi connectivity index (χ2n) is 9.94. The first kappa shape index (κ1) is 25.0. The lowest BCUT2D eigenvalue weighted by Gasteiger charge is -2.28. The summed E-state index contributed by atoms with van der Waals surface area (Å²) in [6, 6.07) is 24.6. The van der Waals surface area contributed by atoms with Gasteiger partial charge < -0.3 is 14.4 Å². The van der Waals surface area contributed by atoms with Gasteiger partial charge in [-0.3, -0.25) is 9.69 Å². The molecule has 1 aromatic heterocycles. The van der Waals surface area contributed by atoms with Crippen molar-refractivity contribution < 1.29 is 14.6 Å². The number of hydrogen-bond acceptors (Lipinski definition) is 4. The maximum absolute atomic E-state index is 12.6. The number of carbonyl (C=O) groups excluding carboxylic acids is 1. The van der Waals surface area contributed by atoms with Gasteiger partial charge in [-0.05, 0) is 68.7 Å². The Balaban J connectivity index is 1.27.